The van der Waals surface area contributed by atoms with Crippen LogP contribution in [0.4, 0.5) is 26.4 Å². The Labute approximate surface area is 216 Å². The molecule has 0 aliphatic carbocycles. The van der Waals surface area contributed by atoms with Crippen molar-refractivity contribution in [1.82, 2.24) is 4.90 Å². The third kappa shape index (κ3) is 4.05. The quantitative estimate of drug-likeness (QED) is 0.362. The van der Waals surface area contributed by atoms with Crippen LogP contribution < -0.4 is 14.7 Å². The molecule has 194 valence electrons. The van der Waals surface area contributed by atoms with Crippen LogP contribution >= 0.6 is 0 Å². The van der Waals surface area contributed by atoms with Gasteiger partial charge >= 0.3 is 6.09 Å². The van der Waals surface area contributed by atoms with Crippen LogP contribution in [0.1, 0.15) is 31.3 Å². The van der Waals surface area contributed by atoms with Crippen molar-refractivity contribution in [2.75, 3.05) is 54.0 Å². The van der Waals surface area contributed by atoms with Crippen LogP contribution in [0.3, 0.4) is 0 Å². The molecule has 1 aromatic heterocycles. The lowest BCUT2D eigenvalue weighted by Crippen LogP contribution is -2.46. The summed E-state index contributed by atoms with van der Waals surface area (Å²) in [6.07, 6.45) is -0.748. The lowest BCUT2D eigenvalue weighted by molar-refractivity contribution is 0.0558. The average molecular weight is 519 g/mol. The molecule has 1 atom stereocenters. The molecule has 6 rings (SSSR count). The summed E-state index contributed by atoms with van der Waals surface area (Å²) in [7, 11) is 0. The number of amides is 3. The van der Waals surface area contributed by atoms with Gasteiger partial charge in [-0.15, -0.1) is 0 Å². The lowest BCUT2D eigenvalue weighted by Gasteiger charge is -2.36. The highest BCUT2D eigenvalue weighted by Gasteiger charge is 2.41. The number of carbonyl (C=O) groups excluding carboxylic acids is 4. The highest BCUT2D eigenvalue weighted by atomic mass is 19.1. The highest BCUT2D eigenvalue weighted by Crippen LogP contribution is 2.30. The molecule has 0 radical (unpaired) electrons. The first-order chi connectivity index (χ1) is 18.4. The topological polar surface area (TPSA) is 104 Å². The Kier molecular flexibility index (Phi) is 5.82. The number of imide groups is 1. The minimum Gasteiger partial charge on any atom is -0.442 e. The smallest absolute Gasteiger partial charge is 0.414 e. The summed E-state index contributed by atoms with van der Waals surface area (Å²) < 4.78 is 26.1. The van der Waals surface area contributed by atoms with Gasteiger partial charge in [-0.25, -0.2) is 9.18 Å². The molecule has 3 amide bonds. The second-order valence-electron chi connectivity index (χ2n) is 9.29. The van der Waals surface area contributed by atoms with E-state index >= 15 is 4.39 Å². The van der Waals surface area contributed by atoms with Crippen LogP contribution in [0.2, 0.25) is 0 Å². The molecule has 3 aliphatic rings. The number of furan rings is 1. The van der Waals surface area contributed by atoms with E-state index in [0.29, 0.717) is 60.9 Å². The lowest BCUT2D eigenvalue weighted by atomic mass is 10.1. The third-order valence-electron chi connectivity index (χ3n) is 7.04. The van der Waals surface area contributed by atoms with Crippen molar-refractivity contribution in [3.63, 3.8) is 0 Å². The molecular formula is C27H23FN4O6. The maximum Gasteiger partial charge on any atom is 0.414 e. The average Bonchev–Trinajstić information content (AvgIpc) is 3.63. The number of carbonyl (C=O) groups is 4. The van der Waals surface area contributed by atoms with Crippen molar-refractivity contribution in [1.29, 1.82) is 0 Å². The van der Waals surface area contributed by atoms with Crippen LogP contribution in [0.25, 0.3) is 0 Å². The Bertz CT molecular complexity index is 1410. The van der Waals surface area contributed by atoms with E-state index in [4.69, 9.17) is 9.15 Å². The Morgan fingerprint density at radius 3 is 2.21 bits per heavy atom. The van der Waals surface area contributed by atoms with E-state index in [2.05, 4.69) is 0 Å². The third-order valence-corrected chi connectivity index (χ3v) is 7.04. The number of ether oxygens (including phenoxy) is 1. The zero-order valence-corrected chi connectivity index (χ0v) is 20.2. The van der Waals surface area contributed by atoms with E-state index < -0.39 is 29.8 Å². The van der Waals surface area contributed by atoms with Crippen LogP contribution in [0, 0.1) is 5.82 Å². The predicted molar refractivity (Wildman–Crippen MR) is 134 cm³/mol. The van der Waals surface area contributed by atoms with E-state index in [1.165, 1.54) is 11.0 Å². The number of anilines is 3. The Morgan fingerprint density at radius 1 is 0.895 bits per heavy atom. The number of benzene rings is 2. The van der Waals surface area contributed by atoms with E-state index in [1.54, 1.807) is 48.5 Å². The highest BCUT2D eigenvalue weighted by molar-refractivity contribution is 6.21. The van der Waals surface area contributed by atoms with Gasteiger partial charge < -0.3 is 19.0 Å². The number of piperazine rings is 1. The molecule has 10 nitrogen and oxygen atoms in total. The number of hydrogen-bond acceptors (Lipinski definition) is 8. The largest absolute Gasteiger partial charge is 0.442 e. The fraction of sp³-hybridized carbons (Fsp3) is 0.259. The number of hydrogen-bond donors (Lipinski definition) is 0. The first-order valence-electron chi connectivity index (χ1n) is 12.2. The number of nitrogens with zero attached hydrogens (tertiary/aromatic N) is 4. The summed E-state index contributed by atoms with van der Waals surface area (Å²) in [5, 5.41) is 0. The number of rotatable bonds is 6. The first-order valence-corrected chi connectivity index (χ1v) is 12.2. The Balaban J connectivity index is 1.10. The molecule has 0 bridgehead atoms. The van der Waals surface area contributed by atoms with Crippen LogP contribution in [-0.4, -0.2) is 74.5 Å². The van der Waals surface area contributed by atoms with E-state index in [-0.39, 0.29) is 18.8 Å². The summed E-state index contributed by atoms with van der Waals surface area (Å²) in [5.74, 6) is -0.464. The van der Waals surface area contributed by atoms with Crippen molar-refractivity contribution in [3.05, 3.63) is 77.3 Å². The molecule has 0 spiro atoms. The van der Waals surface area contributed by atoms with Gasteiger partial charge in [0.15, 0.2) is 17.9 Å². The summed E-state index contributed by atoms with van der Waals surface area (Å²) >= 11 is 0. The van der Waals surface area contributed by atoms with Crippen molar-refractivity contribution >= 4 is 41.5 Å². The molecule has 0 saturated carbocycles. The summed E-state index contributed by atoms with van der Waals surface area (Å²) in [4.78, 5) is 55.0. The molecular weight excluding hydrogens is 495 g/mol. The van der Waals surface area contributed by atoms with E-state index in [0.717, 1.165) is 4.90 Å². The number of fused-ring (bicyclic) bond motifs is 1. The van der Waals surface area contributed by atoms with Crippen molar-refractivity contribution in [2.45, 2.75) is 6.10 Å². The van der Waals surface area contributed by atoms with Gasteiger partial charge in [0.2, 0.25) is 0 Å². The summed E-state index contributed by atoms with van der Waals surface area (Å²) in [6, 6.07) is 14.5. The molecule has 0 N–H and O–H groups in total. The second-order valence-corrected chi connectivity index (χ2v) is 9.29. The standard InChI is InChI=1S/C27H23FN4O6/c28-22-13-17(5-7-23(22)29-9-11-30(12-10-29)24-8-6-18(16-33)37-24)31-14-19(38-27(31)36)15-32-25(34)20-3-1-2-4-21(20)26(32)35/h1-8,13,16,19H,9-12,14-15H2/t19-/m1/s1. The van der Waals surface area contributed by atoms with Crippen LogP contribution in [-0.2, 0) is 4.74 Å². The van der Waals surface area contributed by atoms with Gasteiger partial charge in [-0.3, -0.25) is 24.2 Å². The second kappa shape index (κ2) is 9.33. The van der Waals surface area contributed by atoms with Gasteiger partial charge in [-0.2, -0.15) is 0 Å². The van der Waals surface area contributed by atoms with Gasteiger partial charge in [0.1, 0.15) is 11.9 Å². The maximum atomic E-state index is 15.2. The fourth-order valence-corrected chi connectivity index (χ4v) is 5.10. The Morgan fingerprint density at radius 2 is 1.58 bits per heavy atom. The zero-order chi connectivity index (χ0) is 26.4. The minimum absolute atomic E-state index is 0.0790. The Hall–Kier alpha value is -4.67. The molecule has 38 heavy (non-hydrogen) atoms. The van der Waals surface area contributed by atoms with Gasteiger partial charge in [0.25, 0.3) is 11.8 Å². The van der Waals surface area contributed by atoms with E-state index in [1.807, 2.05) is 9.80 Å². The molecule has 2 aromatic carbocycles. The van der Waals surface area contributed by atoms with Crippen molar-refractivity contribution < 1.29 is 32.7 Å². The van der Waals surface area contributed by atoms with Crippen LogP contribution in [0.15, 0.2) is 59.0 Å². The summed E-state index contributed by atoms with van der Waals surface area (Å²) in [6.45, 7) is 2.26. The zero-order valence-electron chi connectivity index (χ0n) is 20.2. The van der Waals surface area contributed by atoms with Gasteiger partial charge in [0, 0.05) is 32.2 Å². The molecule has 2 saturated heterocycles. The van der Waals surface area contributed by atoms with Crippen molar-refractivity contribution in [2.24, 2.45) is 0 Å². The molecule has 3 aromatic rings. The normalized spacial score (nSPS) is 19.3. The molecule has 0 unspecified atom stereocenters. The molecule has 11 heteroatoms. The van der Waals surface area contributed by atoms with Gasteiger partial charge in [-0.1, -0.05) is 12.1 Å². The first kappa shape index (κ1) is 23.7. The molecule has 3 aliphatic heterocycles. The number of cyclic esters (lactones) is 1. The van der Waals surface area contributed by atoms with Crippen molar-refractivity contribution in [3.8, 4) is 0 Å². The van der Waals surface area contributed by atoms with E-state index in [9.17, 15) is 19.2 Å². The monoisotopic (exact) mass is 518 g/mol. The molecule has 2 fully saturated rings. The van der Waals surface area contributed by atoms with Gasteiger partial charge in [0.05, 0.1) is 35.6 Å². The minimum atomic E-state index is -0.734. The van der Waals surface area contributed by atoms with Crippen LogP contribution in [0.5, 0.6) is 0 Å². The molecule has 4 heterocycles. The van der Waals surface area contributed by atoms with Gasteiger partial charge in [-0.05, 0) is 36.4 Å². The maximum absolute atomic E-state index is 15.2. The SMILES string of the molecule is O=Cc1ccc(N2CCN(c3ccc(N4C[C@H](CN5C(=O)c6ccccc6C5=O)OC4=O)cc3F)CC2)o1. The fourth-order valence-electron chi connectivity index (χ4n) is 5.10. The number of aldehydes is 1. The number of halogens is 1. The summed E-state index contributed by atoms with van der Waals surface area (Å²) in [5.41, 5.74) is 1.40. The predicted octanol–water partition coefficient (Wildman–Crippen LogP) is 3.18.